The summed E-state index contributed by atoms with van der Waals surface area (Å²) in [6.07, 6.45) is -0.992. The van der Waals surface area contributed by atoms with Gasteiger partial charge >= 0.3 is 5.97 Å². The largest absolute Gasteiger partial charge is 0.497 e. The molecule has 0 aliphatic carbocycles. The molecule has 0 spiro atoms. The molecule has 1 N–H and O–H groups in total. The molecule has 3 aromatic rings. The summed E-state index contributed by atoms with van der Waals surface area (Å²) in [6.45, 7) is 3.72. The first kappa shape index (κ1) is 19.6. The molecule has 2 aromatic carbocycles. The number of benzene rings is 2. The van der Waals surface area contributed by atoms with Gasteiger partial charge in [0.2, 0.25) is 12.6 Å². The van der Waals surface area contributed by atoms with E-state index in [1.807, 2.05) is 6.07 Å². The van der Waals surface area contributed by atoms with Crippen LogP contribution in [0.25, 0.3) is 11.0 Å². The molecule has 0 radical (unpaired) electrons. The van der Waals surface area contributed by atoms with E-state index in [-0.39, 0.29) is 19.1 Å². The molecule has 8 nitrogen and oxygen atoms in total. The maximum atomic E-state index is 12.5. The van der Waals surface area contributed by atoms with Crippen LogP contribution in [0.15, 0.2) is 40.8 Å². The van der Waals surface area contributed by atoms with Crippen molar-refractivity contribution in [2.45, 2.75) is 26.5 Å². The van der Waals surface area contributed by atoms with E-state index in [9.17, 15) is 9.59 Å². The van der Waals surface area contributed by atoms with Crippen molar-refractivity contribution in [2.24, 2.45) is 0 Å². The predicted molar refractivity (Wildman–Crippen MR) is 107 cm³/mol. The molecule has 1 aliphatic rings. The molecule has 30 heavy (non-hydrogen) atoms. The summed E-state index contributed by atoms with van der Waals surface area (Å²) in [5, 5.41) is 3.49. The Labute approximate surface area is 172 Å². The zero-order valence-electron chi connectivity index (χ0n) is 16.8. The number of hydrogen-bond acceptors (Lipinski definition) is 7. The molecule has 8 heteroatoms. The van der Waals surface area contributed by atoms with Crippen LogP contribution in [0.5, 0.6) is 17.2 Å². The van der Waals surface area contributed by atoms with Crippen molar-refractivity contribution in [2.75, 3.05) is 13.9 Å². The van der Waals surface area contributed by atoms with Gasteiger partial charge in [-0.2, -0.15) is 0 Å². The summed E-state index contributed by atoms with van der Waals surface area (Å²) in [5.41, 5.74) is 2.01. The van der Waals surface area contributed by atoms with Gasteiger partial charge in [-0.15, -0.1) is 0 Å². The highest BCUT2D eigenvalue weighted by molar-refractivity contribution is 5.97. The molecular weight excluding hydrogens is 390 g/mol. The van der Waals surface area contributed by atoms with Crippen molar-refractivity contribution in [1.82, 2.24) is 5.32 Å². The Morgan fingerprint density at radius 3 is 2.73 bits per heavy atom. The fourth-order valence-corrected chi connectivity index (χ4v) is 3.17. The van der Waals surface area contributed by atoms with Crippen molar-refractivity contribution in [1.29, 1.82) is 0 Å². The van der Waals surface area contributed by atoms with Gasteiger partial charge in [-0.25, -0.2) is 4.79 Å². The zero-order chi connectivity index (χ0) is 21.3. The Bertz CT molecular complexity index is 1120. The fraction of sp³-hybridized carbons (Fsp3) is 0.273. The first-order chi connectivity index (χ1) is 14.5. The van der Waals surface area contributed by atoms with E-state index in [1.54, 1.807) is 44.4 Å². The Morgan fingerprint density at radius 1 is 1.13 bits per heavy atom. The van der Waals surface area contributed by atoms with E-state index < -0.39 is 18.0 Å². The lowest BCUT2D eigenvalue weighted by Gasteiger charge is -2.13. The third-order valence-electron chi connectivity index (χ3n) is 4.89. The Kier molecular flexibility index (Phi) is 5.22. The number of nitrogens with one attached hydrogen (secondary N) is 1. The molecule has 156 valence electrons. The Hall–Kier alpha value is -3.68. The van der Waals surface area contributed by atoms with Crippen LogP contribution in [0.2, 0.25) is 0 Å². The number of rotatable bonds is 6. The maximum absolute atomic E-state index is 12.5. The van der Waals surface area contributed by atoms with Crippen molar-refractivity contribution in [3.63, 3.8) is 0 Å². The van der Waals surface area contributed by atoms with Crippen LogP contribution in [-0.4, -0.2) is 31.9 Å². The number of esters is 1. The van der Waals surface area contributed by atoms with Crippen LogP contribution in [0.3, 0.4) is 0 Å². The first-order valence-corrected chi connectivity index (χ1v) is 9.40. The molecule has 0 unspecified atom stereocenters. The van der Waals surface area contributed by atoms with E-state index in [4.69, 9.17) is 23.4 Å². The highest BCUT2D eigenvalue weighted by Gasteiger charge is 2.24. The van der Waals surface area contributed by atoms with Crippen molar-refractivity contribution in [3.8, 4) is 17.2 Å². The van der Waals surface area contributed by atoms with Gasteiger partial charge < -0.3 is 28.7 Å². The third-order valence-corrected chi connectivity index (χ3v) is 4.89. The van der Waals surface area contributed by atoms with E-state index in [2.05, 4.69) is 5.32 Å². The normalized spacial score (nSPS) is 13.2. The second kappa shape index (κ2) is 7.98. The standard InChI is InChI=1S/C22H21NO7/c1-12-16-9-15(26-3)5-7-17(16)30-20(12)22(25)29-13(2)21(24)23-10-14-4-6-18-19(8-14)28-11-27-18/h4-9,13H,10-11H2,1-3H3,(H,23,24)/t13-/m1/s1. The number of aryl methyl sites for hydroxylation is 1. The number of methoxy groups -OCH3 is 1. The average Bonchev–Trinajstić information content (AvgIpc) is 3.35. The van der Waals surface area contributed by atoms with Gasteiger partial charge in [0.25, 0.3) is 5.91 Å². The molecule has 1 aromatic heterocycles. The lowest BCUT2D eigenvalue weighted by Crippen LogP contribution is -2.35. The highest BCUT2D eigenvalue weighted by atomic mass is 16.7. The van der Waals surface area contributed by atoms with Gasteiger partial charge in [-0.1, -0.05) is 6.07 Å². The lowest BCUT2D eigenvalue weighted by molar-refractivity contribution is -0.129. The van der Waals surface area contributed by atoms with Gasteiger partial charge in [0, 0.05) is 17.5 Å². The highest BCUT2D eigenvalue weighted by Crippen LogP contribution is 2.32. The molecule has 0 fully saturated rings. The summed E-state index contributed by atoms with van der Waals surface area (Å²) in [5.74, 6) is 0.908. The minimum absolute atomic E-state index is 0.0636. The van der Waals surface area contributed by atoms with Crippen LogP contribution in [-0.2, 0) is 16.1 Å². The van der Waals surface area contributed by atoms with E-state index in [1.165, 1.54) is 6.92 Å². The van der Waals surface area contributed by atoms with Crippen LogP contribution in [0, 0.1) is 6.92 Å². The Morgan fingerprint density at radius 2 is 1.93 bits per heavy atom. The number of furan rings is 1. The second-order valence-electron chi connectivity index (χ2n) is 6.87. The Balaban J connectivity index is 1.38. The number of amides is 1. The minimum Gasteiger partial charge on any atom is -0.497 e. The lowest BCUT2D eigenvalue weighted by atomic mass is 10.1. The van der Waals surface area contributed by atoms with E-state index >= 15 is 0 Å². The zero-order valence-corrected chi connectivity index (χ0v) is 16.8. The van der Waals surface area contributed by atoms with Gasteiger partial charge in [0.05, 0.1) is 7.11 Å². The van der Waals surface area contributed by atoms with Gasteiger partial charge in [-0.3, -0.25) is 4.79 Å². The number of fused-ring (bicyclic) bond motifs is 2. The topological polar surface area (TPSA) is 96.2 Å². The van der Waals surface area contributed by atoms with E-state index in [0.717, 1.165) is 10.9 Å². The monoisotopic (exact) mass is 411 g/mol. The SMILES string of the molecule is COc1ccc2oc(C(=O)O[C@H](C)C(=O)NCc3ccc4c(c3)OCO4)c(C)c2c1. The molecule has 1 amide bonds. The van der Waals surface area contributed by atoms with Crippen molar-refractivity contribution >= 4 is 22.8 Å². The summed E-state index contributed by atoms with van der Waals surface area (Å²) in [6, 6.07) is 10.7. The fourth-order valence-electron chi connectivity index (χ4n) is 3.17. The van der Waals surface area contributed by atoms with E-state index in [0.29, 0.717) is 28.4 Å². The molecule has 0 saturated heterocycles. The third kappa shape index (κ3) is 3.76. The summed E-state index contributed by atoms with van der Waals surface area (Å²) < 4.78 is 26.7. The van der Waals surface area contributed by atoms with Crippen LogP contribution in [0.1, 0.15) is 28.6 Å². The van der Waals surface area contributed by atoms with Crippen LogP contribution < -0.4 is 19.5 Å². The first-order valence-electron chi connectivity index (χ1n) is 9.40. The molecule has 0 bridgehead atoms. The summed E-state index contributed by atoms with van der Waals surface area (Å²) in [4.78, 5) is 24.9. The van der Waals surface area contributed by atoms with Crippen LogP contribution >= 0.6 is 0 Å². The second-order valence-corrected chi connectivity index (χ2v) is 6.87. The molecule has 4 rings (SSSR count). The van der Waals surface area contributed by atoms with Gasteiger partial charge in [0.1, 0.15) is 11.3 Å². The molecule has 1 atom stereocenters. The number of carbonyl (C=O) groups excluding carboxylic acids is 2. The number of hydrogen-bond donors (Lipinski definition) is 1. The molecule has 0 saturated carbocycles. The molecule has 1 aliphatic heterocycles. The molecule has 2 heterocycles. The molecular formula is C22H21NO7. The summed E-state index contributed by atoms with van der Waals surface area (Å²) >= 11 is 0. The van der Waals surface area contributed by atoms with Gasteiger partial charge in [0.15, 0.2) is 17.6 Å². The summed E-state index contributed by atoms with van der Waals surface area (Å²) in [7, 11) is 1.57. The number of ether oxygens (including phenoxy) is 4. The van der Waals surface area contributed by atoms with Crippen molar-refractivity contribution in [3.05, 3.63) is 53.3 Å². The predicted octanol–water partition coefficient (Wildman–Crippen LogP) is 3.34. The maximum Gasteiger partial charge on any atom is 0.375 e. The minimum atomic E-state index is -0.992. The van der Waals surface area contributed by atoms with Crippen LogP contribution in [0.4, 0.5) is 0 Å². The van der Waals surface area contributed by atoms with Crippen molar-refractivity contribution < 1.29 is 33.0 Å². The van der Waals surface area contributed by atoms with Gasteiger partial charge in [-0.05, 0) is 49.7 Å². The number of carbonyl (C=O) groups is 2. The average molecular weight is 411 g/mol. The smallest absolute Gasteiger partial charge is 0.375 e. The quantitative estimate of drug-likeness (QED) is 0.622.